The molecule has 2 fully saturated rings. The molecule has 2 nitrogen and oxygen atoms in total. The summed E-state index contributed by atoms with van der Waals surface area (Å²) in [4.78, 5) is 2.54. The van der Waals surface area contributed by atoms with Crippen LogP contribution in [0.15, 0.2) is 22.7 Å². The first kappa shape index (κ1) is 14.6. The Hall–Kier alpha value is -0.380. The second-order valence-corrected chi connectivity index (χ2v) is 7.07. The van der Waals surface area contributed by atoms with Crippen molar-refractivity contribution < 1.29 is 0 Å². The molecule has 20 heavy (non-hydrogen) atoms. The second-order valence-electron chi connectivity index (χ2n) is 6.22. The normalized spacial score (nSPS) is 22.1. The minimum atomic E-state index is 0.784. The van der Waals surface area contributed by atoms with Gasteiger partial charge in [0.15, 0.2) is 0 Å². The number of nitrogens with zero attached hydrogens (tertiary/aromatic N) is 1. The van der Waals surface area contributed by atoms with Gasteiger partial charge in [0.1, 0.15) is 0 Å². The van der Waals surface area contributed by atoms with Gasteiger partial charge in [0, 0.05) is 37.2 Å². The smallest absolute Gasteiger partial charge is 0.0235 e. The quantitative estimate of drug-likeness (QED) is 0.900. The van der Waals surface area contributed by atoms with Crippen LogP contribution in [0.25, 0.3) is 0 Å². The third-order valence-electron chi connectivity index (χ3n) is 4.73. The van der Waals surface area contributed by atoms with Gasteiger partial charge < -0.3 is 5.32 Å². The van der Waals surface area contributed by atoms with Crippen molar-refractivity contribution in [3.63, 3.8) is 0 Å². The number of halogens is 1. The molecular formula is C17H25BrN2. The molecular weight excluding hydrogens is 312 g/mol. The van der Waals surface area contributed by atoms with Gasteiger partial charge in [-0.05, 0) is 36.0 Å². The molecule has 0 bridgehead atoms. The summed E-state index contributed by atoms with van der Waals surface area (Å²) in [6, 6.07) is 7.07. The van der Waals surface area contributed by atoms with E-state index in [-0.39, 0.29) is 0 Å². The van der Waals surface area contributed by atoms with Crippen LogP contribution in [0.1, 0.15) is 49.1 Å². The molecule has 1 aliphatic heterocycles. The van der Waals surface area contributed by atoms with Gasteiger partial charge in [-0.15, -0.1) is 0 Å². The van der Waals surface area contributed by atoms with Crippen molar-refractivity contribution in [2.75, 3.05) is 26.2 Å². The van der Waals surface area contributed by atoms with Crippen LogP contribution in [0.3, 0.4) is 0 Å². The summed E-state index contributed by atoms with van der Waals surface area (Å²) in [7, 11) is 0. The van der Waals surface area contributed by atoms with Crippen LogP contribution in [0.5, 0.6) is 0 Å². The van der Waals surface area contributed by atoms with E-state index in [1.165, 1.54) is 60.8 Å². The van der Waals surface area contributed by atoms with Gasteiger partial charge in [0.25, 0.3) is 0 Å². The molecule has 1 N–H and O–H groups in total. The van der Waals surface area contributed by atoms with Gasteiger partial charge in [0.2, 0.25) is 0 Å². The fraction of sp³-hybridized carbons (Fsp3) is 0.647. The molecule has 3 heteroatoms. The van der Waals surface area contributed by atoms with Crippen LogP contribution in [-0.4, -0.2) is 31.1 Å². The van der Waals surface area contributed by atoms with Gasteiger partial charge in [-0.1, -0.05) is 47.3 Å². The van der Waals surface area contributed by atoms with Crippen LogP contribution >= 0.6 is 15.9 Å². The van der Waals surface area contributed by atoms with Crippen LogP contribution in [-0.2, 0) is 6.54 Å². The van der Waals surface area contributed by atoms with E-state index in [4.69, 9.17) is 0 Å². The maximum atomic E-state index is 3.82. The molecule has 1 aliphatic carbocycles. The van der Waals surface area contributed by atoms with E-state index in [2.05, 4.69) is 44.3 Å². The van der Waals surface area contributed by atoms with Gasteiger partial charge in [-0.2, -0.15) is 0 Å². The van der Waals surface area contributed by atoms with Gasteiger partial charge >= 0.3 is 0 Å². The summed E-state index contributed by atoms with van der Waals surface area (Å²) in [5.74, 6) is 0.784. The lowest BCUT2D eigenvalue weighted by atomic mass is 9.84. The number of benzene rings is 1. The average Bonchev–Trinajstić information content (AvgIpc) is 2.49. The lowest BCUT2D eigenvalue weighted by molar-refractivity contribution is 0.233. The summed E-state index contributed by atoms with van der Waals surface area (Å²) >= 11 is 3.82. The number of hydrogen-bond donors (Lipinski definition) is 1. The summed E-state index contributed by atoms with van der Waals surface area (Å²) in [6.07, 6.45) is 6.97. The predicted molar refractivity (Wildman–Crippen MR) is 88.1 cm³/mol. The Kier molecular flexibility index (Phi) is 5.14. The highest BCUT2D eigenvalue weighted by atomic mass is 79.9. The van der Waals surface area contributed by atoms with Crippen molar-refractivity contribution in [1.29, 1.82) is 0 Å². The molecule has 0 unspecified atom stereocenters. The lowest BCUT2D eigenvalue weighted by Gasteiger charge is -2.28. The van der Waals surface area contributed by atoms with E-state index >= 15 is 0 Å². The van der Waals surface area contributed by atoms with Crippen LogP contribution < -0.4 is 5.32 Å². The fourth-order valence-corrected chi connectivity index (χ4v) is 4.29. The van der Waals surface area contributed by atoms with Crippen LogP contribution in [0, 0.1) is 0 Å². The Morgan fingerprint density at radius 2 is 1.85 bits per heavy atom. The standard InChI is InChI=1S/C17H25BrN2/c18-17-12-14(13-20-10-8-19-9-11-20)6-7-16(17)15-4-2-1-3-5-15/h6-7,12,15,19H,1-5,8-11,13H2. The zero-order valence-electron chi connectivity index (χ0n) is 12.2. The molecule has 0 atom stereocenters. The monoisotopic (exact) mass is 336 g/mol. The lowest BCUT2D eigenvalue weighted by Crippen LogP contribution is -2.42. The molecule has 2 aliphatic rings. The molecule has 1 aromatic rings. The van der Waals surface area contributed by atoms with Crippen molar-refractivity contribution >= 4 is 15.9 Å². The van der Waals surface area contributed by atoms with E-state index < -0.39 is 0 Å². The molecule has 1 saturated heterocycles. The Morgan fingerprint density at radius 3 is 2.55 bits per heavy atom. The van der Waals surface area contributed by atoms with Crippen molar-refractivity contribution in [3.05, 3.63) is 33.8 Å². The topological polar surface area (TPSA) is 15.3 Å². The maximum absolute atomic E-state index is 3.82. The van der Waals surface area contributed by atoms with Gasteiger partial charge in [0.05, 0.1) is 0 Å². The van der Waals surface area contributed by atoms with Crippen LogP contribution in [0.2, 0.25) is 0 Å². The van der Waals surface area contributed by atoms with Gasteiger partial charge in [-0.3, -0.25) is 4.90 Å². The van der Waals surface area contributed by atoms with E-state index in [1.807, 2.05) is 0 Å². The minimum absolute atomic E-state index is 0.784. The fourth-order valence-electron chi connectivity index (χ4n) is 3.54. The maximum Gasteiger partial charge on any atom is 0.0235 e. The van der Waals surface area contributed by atoms with Crippen molar-refractivity contribution in [1.82, 2.24) is 10.2 Å². The van der Waals surface area contributed by atoms with Crippen LogP contribution in [0.4, 0.5) is 0 Å². The van der Waals surface area contributed by atoms with E-state index in [9.17, 15) is 0 Å². The largest absolute Gasteiger partial charge is 0.314 e. The first-order valence-electron chi connectivity index (χ1n) is 8.04. The average molecular weight is 337 g/mol. The Bertz CT molecular complexity index is 435. The molecule has 1 saturated carbocycles. The molecule has 1 aromatic carbocycles. The third-order valence-corrected chi connectivity index (χ3v) is 5.41. The molecule has 0 spiro atoms. The third kappa shape index (κ3) is 3.63. The number of rotatable bonds is 3. The molecule has 110 valence electrons. The first-order chi connectivity index (χ1) is 9.83. The predicted octanol–water partition coefficient (Wildman–Crippen LogP) is 3.90. The van der Waals surface area contributed by atoms with Crippen molar-refractivity contribution in [2.45, 2.75) is 44.6 Å². The van der Waals surface area contributed by atoms with E-state index in [0.717, 1.165) is 25.6 Å². The Morgan fingerprint density at radius 1 is 1.10 bits per heavy atom. The highest BCUT2D eigenvalue weighted by Crippen LogP contribution is 2.36. The SMILES string of the molecule is Brc1cc(CN2CCNCC2)ccc1C1CCCCC1. The number of piperazine rings is 1. The van der Waals surface area contributed by atoms with Crippen molar-refractivity contribution in [2.24, 2.45) is 0 Å². The molecule has 3 rings (SSSR count). The zero-order valence-corrected chi connectivity index (χ0v) is 13.8. The van der Waals surface area contributed by atoms with Crippen molar-refractivity contribution in [3.8, 4) is 0 Å². The van der Waals surface area contributed by atoms with E-state index in [0.29, 0.717) is 0 Å². The Labute approximate surface area is 131 Å². The second kappa shape index (κ2) is 7.06. The van der Waals surface area contributed by atoms with Gasteiger partial charge in [-0.25, -0.2) is 0 Å². The summed E-state index contributed by atoms with van der Waals surface area (Å²) in [5, 5.41) is 3.41. The molecule has 0 radical (unpaired) electrons. The number of hydrogen-bond acceptors (Lipinski definition) is 2. The highest BCUT2D eigenvalue weighted by Gasteiger charge is 2.18. The summed E-state index contributed by atoms with van der Waals surface area (Å²) in [6.45, 7) is 5.68. The summed E-state index contributed by atoms with van der Waals surface area (Å²) < 4.78 is 1.33. The molecule has 0 amide bonds. The molecule has 1 heterocycles. The minimum Gasteiger partial charge on any atom is -0.314 e. The highest BCUT2D eigenvalue weighted by molar-refractivity contribution is 9.10. The van der Waals surface area contributed by atoms with E-state index in [1.54, 1.807) is 0 Å². The Balaban J connectivity index is 1.66. The number of nitrogens with one attached hydrogen (secondary N) is 1. The molecule has 0 aromatic heterocycles. The summed E-state index contributed by atoms with van der Waals surface area (Å²) in [5.41, 5.74) is 2.98. The zero-order chi connectivity index (χ0) is 13.8. The first-order valence-corrected chi connectivity index (χ1v) is 8.83.